The number of rotatable bonds is 10. The van der Waals surface area contributed by atoms with Crippen LogP contribution in [0.25, 0.3) is 0 Å². The molecule has 2 aromatic rings. The molecule has 8 nitrogen and oxygen atoms in total. The monoisotopic (exact) mass is 548 g/mol. The number of amides is 2. The molecular formula is C32H44N4O4. The van der Waals surface area contributed by atoms with Crippen LogP contribution >= 0.6 is 0 Å². The lowest BCUT2D eigenvalue weighted by Gasteiger charge is -2.37. The third kappa shape index (κ3) is 6.61. The lowest BCUT2D eigenvalue weighted by atomic mass is 9.87. The fourth-order valence-corrected chi connectivity index (χ4v) is 6.74. The van der Waals surface area contributed by atoms with Crippen LogP contribution in [0.15, 0.2) is 36.4 Å². The van der Waals surface area contributed by atoms with Gasteiger partial charge in [-0.1, -0.05) is 19.1 Å². The van der Waals surface area contributed by atoms with Crippen molar-refractivity contribution in [1.29, 1.82) is 0 Å². The van der Waals surface area contributed by atoms with E-state index < -0.39 is 0 Å². The number of carbonyl (C=O) groups is 2. The van der Waals surface area contributed by atoms with E-state index in [-0.39, 0.29) is 23.7 Å². The highest BCUT2D eigenvalue weighted by Crippen LogP contribution is 2.31. The maximum absolute atomic E-state index is 13.6. The number of carbonyl (C=O) groups excluding carboxylic acids is 2. The Morgan fingerprint density at radius 3 is 2.48 bits per heavy atom. The minimum absolute atomic E-state index is 0.0132. The van der Waals surface area contributed by atoms with Crippen LogP contribution in [-0.4, -0.2) is 74.6 Å². The number of anilines is 1. The number of hydrogen-bond donors (Lipinski definition) is 2. The van der Waals surface area contributed by atoms with Crippen molar-refractivity contribution >= 4 is 17.5 Å². The predicted octanol–water partition coefficient (Wildman–Crippen LogP) is 3.87. The number of likely N-dealkylation sites (N-methyl/N-ethyl adjacent to an activating group) is 1. The van der Waals surface area contributed by atoms with Crippen LogP contribution in [0.5, 0.6) is 11.5 Å². The molecule has 0 radical (unpaired) electrons. The summed E-state index contributed by atoms with van der Waals surface area (Å²) in [4.78, 5) is 31.7. The molecule has 0 bridgehead atoms. The van der Waals surface area contributed by atoms with Crippen molar-refractivity contribution in [3.8, 4) is 11.5 Å². The molecule has 0 unspecified atom stereocenters. The van der Waals surface area contributed by atoms with Gasteiger partial charge in [-0.05, 0) is 92.6 Å². The largest absolute Gasteiger partial charge is 0.493 e. The van der Waals surface area contributed by atoms with Gasteiger partial charge < -0.3 is 20.1 Å². The van der Waals surface area contributed by atoms with E-state index in [1.807, 2.05) is 24.3 Å². The van der Waals surface area contributed by atoms with Gasteiger partial charge >= 0.3 is 0 Å². The summed E-state index contributed by atoms with van der Waals surface area (Å²) in [5.41, 5.74) is 4.63. The second-order valence-electron chi connectivity index (χ2n) is 11.5. The van der Waals surface area contributed by atoms with Gasteiger partial charge in [0.25, 0.3) is 0 Å². The van der Waals surface area contributed by atoms with E-state index in [1.54, 1.807) is 14.2 Å². The van der Waals surface area contributed by atoms with Crippen LogP contribution in [0.3, 0.4) is 0 Å². The molecule has 0 saturated carbocycles. The van der Waals surface area contributed by atoms with E-state index in [1.165, 1.54) is 24.0 Å². The first kappa shape index (κ1) is 28.4. The van der Waals surface area contributed by atoms with Crippen molar-refractivity contribution in [2.75, 3.05) is 52.3 Å². The van der Waals surface area contributed by atoms with Gasteiger partial charge in [0.1, 0.15) is 0 Å². The van der Waals surface area contributed by atoms with Crippen LogP contribution in [-0.2, 0) is 29.0 Å². The van der Waals surface area contributed by atoms with Gasteiger partial charge in [0, 0.05) is 37.9 Å². The van der Waals surface area contributed by atoms with E-state index in [2.05, 4.69) is 39.5 Å². The molecule has 2 N–H and O–H groups in total. The minimum atomic E-state index is -0.281. The molecule has 2 heterocycles. The smallest absolute Gasteiger partial charge is 0.228 e. The van der Waals surface area contributed by atoms with Crippen LogP contribution in [0, 0.1) is 11.8 Å². The molecular weight excluding hydrogens is 504 g/mol. The summed E-state index contributed by atoms with van der Waals surface area (Å²) in [7, 11) is 3.26. The van der Waals surface area contributed by atoms with Gasteiger partial charge in [0.05, 0.1) is 26.1 Å². The Hall–Kier alpha value is -3.10. The van der Waals surface area contributed by atoms with Crippen molar-refractivity contribution in [3.05, 3.63) is 53.1 Å². The number of benzene rings is 2. The first-order chi connectivity index (χ1) is 19.5. The molecule has 216 valence electrons. The Bertz CT molecular complexity index is 1200. The lowest BCUT2D eigenvalue weighted by molar-refractivity contribution is -0.130. The third-order valence-corrected chi connectivity index (χ3v) is 8.91. The van der Waals surface area contributed by atoms with Gasteiger partial charge in [0.15, 0.2) is 11.5 Å². The molecule has 1 aliphatic carbocycles. The number of piperidine rings is 1. The molecule has 5 rings (SSSR count). The number of hydrogen-bond acceptors (Lipinski definition) is 6. The minimum Gasteiger partial charge on any atom is -0.493 e. The van der Waals surface area contributed by atoms with Crippen molar-refractivity contribution in [2.24, 2.45) is 11.8 Å². The molecule has 3 atom stereocenters. The Kier molecular flexibility index (Phi) is 9.27. The molecule has 8 heteroatoms. The van der Waals surface area contributed by atoms with Gasteiger partial charge in [-0.15, -0.1) is 0 Å². The van der Waals surface area contributed by atoms with Crippen LogP contribution < -0.4 is 20.1 Å². The zero-order valence-electron chi connectivity index (χ0n) is 24.2. The molecule has 2 amide bonds. The number of nitrogens with zero attached hydrogens (tertiary/aromatic N) is 2. The number of ether oxygens (including phenoxy) is 2. The maximum Gasteiger partial charge on any atom is 0.228 e. The zero-order valence-corrected chi connectivity index (χ0v) is 24.2. The SMILES string of the molecule is CCN1CCC[C@@H]1CNC(=O)[C@H]1C[C@@H](C(=O)Nc2ccc3c(c2)CCC3)CN(Cc2ccc(OC)c(OC)c2)C1. The highest BCUT2D eigenvalue weighted by molar-refractivity contribution is 5.93. The van der Waals surface area contributed by atoms with E-state index in [4.69, 9.17) is 9.47 Å². The Morgan fingerprint density at radius 1 is 0.925 bits per heavy atom. The van der Waals surface area contributed by atoms with Crippen LogP contribution in [0.1, 0.15) is 49.3 Å². The standard InChI is InChI=1S/C32H44N4O4/c1-4-36-14-6-9-28(36)18-33-31(37)25-16-26(32(38)34-27-12-11-23-7-5-8-24(23)17-27)21-35(20-25)19-22-10-13-29(39-2)30(15-22)40-3/h10-13,15,17,25-26,28H,4-9,14,16,18-21H2,1-3H3,(H,33,37)(H,34,38)/t25-,26+,28+/m0/s1. The quantitative estimate of drug-likeness (QED) is 0.469. The number of nitrogens with one attached hydrogen (secondary N) is 2. The Labute approximate surface area is 238 Å². The summed E-state index contributed by atoms with van der Waals surface area (Å²) in [5.74, 6) is 0.865. The van der Waals surface area contributed by atoms with E-state index in [9.17, 15) is 9.59 Å². The highest BCUT2D eigenvalue weighted by Gasteiger charge is 2.36. The van der Waals surface area contributed by atoms with Gasteiger partial charge in [-0.3, -0.25) is 19.4 Å². The van der Waals surface area contributed by atoms with Crippen molar-refractivity contribution in [3.63, 3.8) is 0 Å². The van der Waals surface area contributed by atoms with Crippen molar-refractivity contribution in [1.82, 2.24) is 15.1 Å². The van der Waals surface area contributed by atoms with Gasteiger partial charge in [-0.2, -0.15) is 0 Å². The number of methoxy groups -OCH3 is 2. The first-order valence-electron chi connectivity index (χ1n) is 14.8. The first-order valence-corrected chi connectivity index (χ1v) is 14.8. The summed E-state index contributed by atoms with van der Waals surface area (Å²) >= 11 is 0. The highest BCUT2D eigenvalue weighted by atomic mass is 16.5. The Morgan fingerprint density at radius 2 is 1.70 bits per heavy atom. The molecule has 2 fully saturated rings. The summed E-state index contributed by atoms with van der Waals surface area (Å²) in [5, 5.41) is 6.41. The lowest BCUT2D eigenvalue weighted by Crippen LogP contribution is -2.50. The summed E-state index contributed by atoms with van der Waals surface area (Å²) < 4.78 is 10.9. The van der Waals surface area contributed by atoms with E-state index in [0.717, 1.165) is 43.6 Å². The molecule has 0 spiro atoms. The average molecular weight is 549 g/mol. The molecule has 40 heavy (non-hydrogen) atoms. The van der Waals surface area contributed by atoms with Crippen LogP contribution in [0.2, 0.25) is 0 Å². The van der Waals surface area contributed by atoms with Crippen molar-refractivity contribution < 1.29 is 19.1 Å². The average Bonchev–Trinajstić information content (AvgIpc) is 3.64. The van der Waals surface area contributed by atoms with Gasteiger partial charge in [-0.25, -0.2) is 0 Å². The third-order valence-electron chi connectivity index (χ3n) is 8.91. The Balaban J connectivity index is 1.29. The summed E-state index contributed by atoms with van der Waals surface area (Å²) in [6.45, 7) is 6.80. The normalized spacial score (nSPS) is 23.0. The number of fused-ring (bicyclic) bond motifs is 1. The topological polar surface area (TPSA) is 83.1 Å². The van der Waals surface area contributed by atoms with Crippen LogP contribution in [0.4, 0.5) is 5.69 Å². The van der Waals surface area contributed by atoms with E-state index >= 15 is 0 Å². The molecule has 2 saturated heterocycles. The van der Waals surface area contributed by atoms with Crippen molar-refractivity contribution in [2.45, 2.75) is 58.0 Å². The van der Waals surface area contributed by atoms with E-state index in [0.29, 0.717) is 50.1 Å². The second-order valence-corrected chi connectivity index (χ2v) is 11.5. The second kappa shape index (κ2) is 13.0. The fourth-order valence-electron chi connectivity index (χ4n) is 6.74. The molecule has 3 aliphatic rings. The number of likely N-dealkylation sites (tertiary alicyclic amines) is 2. The zero-order chi connectivity index (χ0) is 28.1. The van der Waals surface area contributed by atoms with Gasteiger partial charge in [0.2, 0.25) is 11.8 Å². The maximum atomic E-state index is 13.6. The number of aryl methyl sites for hydroxylation is 2. The summed E-state index contributed by atoms with van der Waals surface area (Å²) in [6.07, 6.45) is 6.21. The molecule has 0 aromatic heterocycles. The molecule has 2 aromatic carbocycles. The predicted molar refractivity (Wildman–Crippen MR) is 157 cm³/mol. The fraction of sp³-hybridized carbons (Fsp3) is 0.562. The summed E-state index contributed by atoms with van der Waals surface area (Å²) in [6, 6.07) is 12.6. The molecule has 2 aliphatic heterocycles.